The normalized spacial score (nSPS) is 18.0. The third-order valence-electron chi connectivity index (χ3n) is 4.64. The van der Waals surface area contributed by atoms with E-state index in [-0.39, 0.29) is 23.8 Å². The van der Waals surface area contributed by atoms with Crippen molar-refractivity contribution in [1.82, 2.24) is 4.90 Å². The van der Waals surface area contributed by atoms with Crippen molar-refractivity contribution in [2.45, 2.75) is 25.5 Å². The van der Waals surface area contributed by atoms with Crippen LogP contribution in [-0.2, 0) is 9.59 Å². The summed E-state index contributed by atoms with van der Waals surface area (Å²) in [5, 5.41) is 13.4. The van der Waals surface area contributed by atoms with E-state index in [1.807, 2.05) is 32.0 Å². The average molecular weight is 410 g/mol. The summed E-state index contributed by atoms with van der Waals surface area (Å²) >= 11 is 1.20. The van der Waals surface area contributed by atoms with E-state index >= 15 is 0 Å². The molecule has 0 saturated carbocycles. The summed E-state index contributed by atoms with van der Waals surface area (Å²) in [5.74, 6) is -1.93. The highest BCUT2D eigenvalue weighted by Gasteiger charge is 2.34. The minimum Gasteiger partial charge on any atom is -0.545 e. The molecular formula is C21H20N3O4S-. The maximum atomic E-state index is 12.7. The summed E-state index contributed by atoms with van der Waals surface area (Å²) in [5.41, 5.74) is 3.23. The fourth-order valence-electron chi connectivity index (χ4n) is 2.75. The number of anilines is 1. The first-order valence-corrected chi connectivity index (χ1v) is 9.84. The zero-order valence-electron chi connectivity index (χ0n) is 16.3. The minimum atomic E-state index is -1.33. The van der Waals surface area contributed by atoms with Crippen molar-refractivity contribution in [2.75, 3.05) is 12.4 Å². The summed E-state index contributed by atoms with van der Waals surface area (Å²) < 4.78 is 0. The number of aromatic carboxylic acids is 1. The van der Waals surface area contributed by atoms with Crippen LogP contribution in [0.2, 0.25) is 0 Å². The number of thioether (sulfide) groups is 1. The standard InChI is InChI=1S/C21H21N3O4S/c1-12-7-8-16(9-13(12)2)23-21-24(3)18(25)11-17(29-21)19(26)22-15-6-4-5-14(10-15)20(27)28/h4-10,17H,11H2,1-3H3,(H,22,26)(H,27,28)/p-1/t17-/m1/s1. The van der Waals surface area contributed by atoms with Gasteiger partial charge in [-0.05, 0) is 54.8 Å². The van der Waals surface area contributed by atoms with E-state index in [4.69, 9.17) is 0 Å². The van der Waals surface area contributed by atoms with Crippen molar-refractivity contribution < 1.29 is 19.5 Å². The molecule has 0 aromatic heterocycles. The zero-order valence-corrected chi connectivity index (χ0v) is 17.1. The van der Waals surface area contributed by atoms with Gasteiger partial charge in [0.2, 0.25) is 11.8 Å². The lowest BCUT2D eigenvalue weighted by Crippen LogP contribution is -2.43. The summed E-state index contributed by atoms with van der Waals surface area (Å²) in [6, 6.07) is 11.5. The smallest absolute Gasteiger partial charge is 0.238 e. The highest BCUT2D eigenvalue weighted by molar-refractivity contribution is 8.15. The number of nitrogens with zero attached hydrogens (tertiary/aromatic N) is 2. The molecule has 2 aromatic rings. The maximum absolute atomic E-state index is 12.7. The van der Waals surface area contributed by atoms with Crippen molar-refractivity contribution in [2.24, 2.45) is 4.99 Å². The Balaban J connectivity index is 1.79. The molecule has 0 spiro atoms. The van der Waals surface area contributed by atoms with Gasteiger partial charge in [-0.25, -0.2) is 4.99 Å². The SMILES string of the molecule is Cc1ccc(N=C2S[C@@H](C(=O)Nc3cccc(C(=O)[O-])c3)CC(=O)N2C)cc1C. The Kier molecular flexibility index (Phi) is 6.03. The molecule has 3 rings (SSSR count). The second kappa shape index (κ2) is 8.48. The molecule has 2 aromatic carbocycles. The molecule has 1 saturated heterocycles. The average Bonchev–Trinajstić information content (AvgIpc) is 2.68. The van der Waals surface area contributed by atoms with E-state index in [0.717, 1.165) is 11.1 Å². The Hall–Kier alpha value is -3.13. The number of carbonyl (C=O) groups is 3. The van der Waals surface area contributed by atoms with Crippen LogP contribution in [0, 0.1) is 13.8 Å². The number of aryl methyl sites for hydroxylation is 2. The van der Waals surface area contributed by atoms with Gasteiger partial charge >= 0.3 is 0 Å². The van der Waals surface area contributed by atoms with Crippen molar-refractivity contribution in [3.63, 3.8) is 0 Å². The first-order chi connectivity index (χ1) is 13.7. The number of amidine groups is 1. The lowest BCUT2D eigenvalue weighted by atomic mass is 10.1. The number of hydrogen-bond acceptors (Lipinski definition) is 6. The van der Waals surface area contributed by atoms with Gasteiger partial charge in [0.25, 0.3) is 0 Å². The van der Waals surface area contributed by atoms with Crippen LogP contribution in [0.4, 0.5) is 11.4 Å². The molecule has 1 fully saturated rings. The molecule has 0 bridgehead atoms. The van der Waals surface area contributed by atoms with Gasteiger partial charge in [0, 0.05) is 19.2 Å². The lowest BCUT2D eigenvalue weighted by Gasteiger charge is -2.29. The first kappa shape index (κ1) is 20.6. The Bertz CT molecular complexity index is 1020. The molecule has 1 atom stereocenters. The van der Waals surface area contributed by atoms with Crippen LogP contribution >= 0.6 is 11.8 Å². The van der Waals surface area contributed by atoms with Crippen molar-refractivity contribution in [1.29, 1.82) is 0 Å². The summed E-state index contributed by atoms with van der Waals surface area (Å²) in [7, 11) is 1.63. The predicted molar refractivity (Wildman–Crippen MR) is 111 cm³/mol. The molecular weight excluding hydrogens is 390 g/mol. The van der Waals surface area contributed by atoms with E-state index in [2.05, 4.69) is 10.3 Å². The van der Waals surface area contributed by atoms with E-state index in [9.17, 15) is 19.5 Å². The van der Waals surface area contributed by atoms with Crippen LogP contribution in [0.25, 0.3) is 0 Å². The van der Waals surface area contributed by atoms with Gasteiger partial charge in [-0.2, -0.15) is 0 Å². The Morgan fingerprint density at radius 3 is 2.62 bits per heavy atom. The molecule has 1 aliphatic rings. The molecule has 7 nitrogen and oxygen atoms in total. The summed E-state index contributed by atoms with van der Waals surface area (Å²) in [6.45, 7) is 3.99. The minimum absolute atomic E-state index is 0.0269. The number of carbonyl (C=O) groups excluding carboxylic acids is 3. The number of rotatable bonds is 4. The van der Waals surface area contributed by atoms with Crippen LogP contribution in [0.15, 0.2) is 47.5 Å². The van der Waals surface area contributed by atoms with Crippen LogP contribution in [0.3, 0.4) is 0 Å². The van der Waals surface area contributed by atoms with Gasteiger partial charge in [0.1, 0.15) is 5.25 Å². The maximum Gasteiger partial charge on any atom is 0.238 e. The van der Waals surface area contributed by atoms with E-state index < -0.39 is 11.2 Å². The van der Waals surface area contributed by atoms with E-state index in [1.165, 1.54) is 34.9 Å². The second-order valence-corrected chi connectivity index (χ2v) is 7.95. The lowest BCUT2D eigenvalue weighted by molar-refractivity contribution is -0.255. The molecule has 1 heterocycles. The topological polar surface area (TPSA) is 102 Å². The van der Waals surface area contributed by atoms with Gasteiger partial charge < -0.3 is 15.2 Å². The number of aliphatic imine (C=N–C) groups is 1. The quantitative estimate of drug-likeness (QED) is 0.833. The third-order valence-corrected chi connectivity index (χ3v) is 5.88. The molecule has 2 amide bonds. The Morgan fingerprint density at radius 2 is 1.93 bits per heavy atom. The number of carboxylic acid groups (broad SMARTS) is 1. The molecule has 29 heavy (non-hydrogen) atoms. The van der Waals surface area contributed by atoms with Gasteiger partial charge in [-0.3, -0.25) is 14.5 Å². The number of hydrogen-bond donors (Lipinski definition) is 1. The van der Waals surface area contributed by atoms with Crippen molar-refractivity contribution in [3.05, 3.63) is 59.2 Å². The highest BCUT2D eigenvalue weighted by Crippen LogP contribution is 2.29. The Labute approximate surface area is 172 Å². The fourth-order valence-corrected chi connectivity index (χ4v) is 3.81. The van der Waals surface area contributed by atoms with Gasteiger partial charge in [0.05, 0.1) is 11.7 Å². The van der Waals surface area contributed by atoms with E-state index in [1.54, 1.807) is 13.1 Å². The fraction of sp³-hybridized carbons (Fsp3) is 0.238. The molecule has 8 heteroatoms. The number of benzene rings is 2. The molecule has 1 N–H and O–H groups in total. The zero-order chi connectivity index (χ0) is 21.1. The van der Waals surface area contributed by atoms with Crippen molar-refractivity contribution >= 4 is 46.1 Å². The monoisotopic (exact) mass is 410 g/mol. The van der Waals surface area contributed by atoms with Gasteiger partial charge in [-0.15, -0.1) is 0 Å². The molecule has 0 unspecified atom stereocenters. The Morgan fingerprint density at radius 1 is 1.17 bits per heavy atom. The van der Waals surface area contributed by atoms with Crippen LogP contribution in [-0.4, -0.2) is 40.1 Å². The second-order valence-electron chi connectivity index (χ2n) is 6.78. The summed E-state index contributed by atoms with van der Waals surface area (Å²) in [6.07, 6.45) is 0.0269. The summed E-state index contributed by atoms with van der Waals surface area (Å²) in [4.78, 5) is 42.0. The number of amides is 2. The molecule has 0 aliphatic carbocycles. The van der Waals surface area contributed by atoms with Gasteiger partial charge in [0.15, 0.2) is 5.17 Å². The molecule has 150 valence electrons. The highest BCUT2D eigenvalue weighted by atomic mass is 32.2. The van der Waals surface area contributed by atoms with Crippen molar-refractivity contribution in [3.8, 4) is 0 Å². The van der Waals surface area contributed by atoms with Crippen LogP contribution in [0.5, 0.6) is 0 Å². The van der Waals surface area contributed by atoms with E-state index in [0.29, 0.717) is 16.5 Å². The largest absolute Gasteiger partial charge is 0.545 e. The van der Waals surface area contributed by atoms with Crippen LogP contribution < -0.4 is 10.4 Å². The predicted octanol–water partition coefficient (Wildman–Crippen LogP) is 2.26. The van der Waals surface area contributed by atoms with Crippen LogP contribution in [0.1, 0.15) is 27.9 Å². The van der Waals surface area contributed by atoms with Gasteiger partial charge in [-0.1, -0.05) is 30.0 Å². The molecule has 1 aliphatic heterocycles. The third kappa shape index (κ3) is 4.83. The molecule has 0 radical (unpaired) electrons. The number of carboxylic acids is 1. The first-order valence-electron chi connectivity index (χ1n) is 8.96. The number of nitrogens with one attached hydrogen (secondary N) is 1.